The summed E-state index contributed by atoms with van der Waals surface area (Å²) >= 11 is 0. The quantitative estimate of drug-likeness (QED) is 0.780. The van der Waals surface area contributed by atoms with E-state index in [1.54, 1.807) is 15.6 Å². The van der Waals surface area contributed by atoms with Crippen LogP contribution in [0.5, 0.6) is 0 Å². The predicted molar refractivity (Wildman–Crippen MR) is 89.4 cm³/mol. The minimum atomic E-state index is -0.462. The highest BCUT2D eigenvalue weighted by Gasteiger charge is 2.19. The van der Waals surface area contributed by atoms with Gasteiger partial charge in [0.1, 0.15) is 0 Å². The molecule has 0 unspecified atom stereocenters. The zero-order chi connectivity index (χ0) is 17.5. The standard InChI is InChI=1S/C16H21N7O/c1-16(2,3)22-8-6-11(10-22)15-19-13(9-12(17)24)20-23(15)14-5-7-18-21(14)4/h5-8,10H,9H2,1-4H3,(H2,17,24). The van der Waals surface area contributed by atoms with E-state index in [-0.39, 0.29) is 12.0 Å². The summed E-state index contributed by atoms with van der Waals surface area (Å²) in [6.07, 6.45) is 5.71. The van der Waals surface area contributed by atoms with Crippen molar-refractivity contribution in [2.45, 2.75) is 32.7 Å². The number of amides is 1. The van der Waals surface area contributed by atoms with Gasteiger partial charge in [0.05, 0.1) is 12.6 Å². The molecule has 2 N–H and O–H groups in total. The largest absolute Gasteiger partial charge is 0.369 e. The number of nitrogens with zero attached hydrogens (tertiary/aromatic N) is 6. The van der Waals surface area contributed by atoms with Crippen molar-refractivity contribution in [2.24, 2.45) is 12.8 Å². The zero-order valence-corrected chi connectivity index (χ0v) is 14.3. The van der Waals surface area contributed by atoms with E-state index in [9.17, 15) is 4.79 Å². The number of rotatable bonds is 4. The van der Waals surface area contributed by atoms with Gasteiger partial charge in [0, 0.05) is 36.6 Å². The van der Waals surface area contributed by atoms with Crippen LogP contribution in [0.4, 0.5) is 0 Å². The van der Waals surface area contributed by atoms with Crippen molar-refractivity contribution in [2.75, 3.05) is 0 Å². The SMILES string of the molecule is Cn1nccc1-n1nc(CC(N)=O)nc1-c1ccn(C(C)(C)C)c1. The zero-order valence-electron chi connectivity index (χ0n) is 14.3. The first-order valence-corrected chi connectivity index (χ1v) is 7.67. The molecule has 0 aromatic carbocycles. The third-order valence-electron chi connectivity index (χ3n) is 3.72. The van der Waals surface area contributed by atoms with Crippen molar-refractivity contribution in [3.05, 3.63) is 36.5 Å². The summed E-state index contributed by atoms with van der Waals surface area (Å²) in [5.74, 6) is 1.34. The van der Waals surface area contributed by atoms with E-state index in [2.05, 4.69) is 40.5 Å². The van der Waals surface area contributed by atoms with Crippen molar-refractivity contribution in [3.8, 4) is 17.2 Å². The number of primary amides is 1. The number of carbonyl (C=O) groups excluding carboxylic acids is 1. The lowest BCUT2D eigenvalue weighted by Gasteiger charge is -2.20. The monoisotopic (exact) mass is 327 g/mol. The van der Waals surface area contributed by atoms with E-state index < -0.39 is 5.91 Å². The second kappa shape index (κ2) is 5.63. The van der Waals surface area contributed by atoms with Crippen LogP contribution in [-0.2, 0) is 23.8 Å². The van der Waals surface area contributed by atoms with Crippen LogP contribution in [0.3, 0.4) is 0 Å². The Bertz CT molecular complexity index is 879. The summed E-state index contributed by atoms with van der Waals surface area (Å²) < 4.78 is 5.50. The third kappa shape index (κ3) is 2.94. The first-order chi connectivity index (χ1) is 11.3. The molecule has 1 amide bonds. The second-order valence-electron chi connectivity index (χ2n) is 6.70. The van der Waals surface area contributed by atoms with Crippen molar-refractivity contribution in [1.29, 1.82) is 0 Å². The summed E-state index contributed by atoms with van der Waals surface area (Å²) in [6, 6.07) is 3.82. The molecule has 0 aliphatic rings. The predicted octanol–water partition coefficient (Wildman–Crippen LogP) is 1.25. The van der Waals surface area contributed by atoms with Gasteiger partial charge >= 0.3 is 0 Å². The molecule has 0 atom stereocenters. The molecule has 3 aromatic rings. The van der Waals surface area contributed by atoms with Crippen molar-refractivity contribution in [1.82, 2.24) is 29.1 Å². The smallest absolute Gasteiger partial charge is 0.225 e. The molecule has 0 aliphatic heterocycles. The van der Waals surface area contributed by atoms with Gasteiger partial charge in [-0.2, -0.15) is 9.78 Å². The average molecular weight is 327 g/mol. The Morgan fingerprint density at radius 1 is 1.29 bits per heavy atom. The molecule has 0 saturated carbocycles. The summed E-state index contributed by atoms with van der Waals surface area (Å²) in [6.45, 7) is 6.38. The maximum absolute atomic E-state index is 11.2. The fraction of sp³-hybridized carbons (Fsp3) is 0.375. The van der Waals surface area contributed by atoms with Crippen molar-refractivity contribution in [3.63, 3.8) is 0 Å². The lowest BCUT2D eigenvalue weighted by molar-refractivity contribution is -0.117. The topological polar surface area (TPSA) is 96.5 Å². The number of aryl methyl sites for hydroxylation is 1. The van der Waals surface area contributed by atoms with Gasteiger partial charge in [-0.3, -0.25) is 9.48 Å². The number of aromatic nitrogens is 6. The Morgan fingerprint density at radius 2 is 2.04 bits per heavy atom. The third-order valence-corrected chi connectivity index (χ3v) is 3.72. The molecule has 0 bridgehead atoms. The van der Waals surface area contributed by atoms with Gasteiger partial charge in [0.15, 0.2) is 17.5 Å². The molecule has 0 fully saturated rings. The minimum Gasteiger partial charge on any atom is -0.369 e. The summed E-state index contributed by atoms with van der Waals surface area (Å²) in [4.78, 5) is 15.7. The molecule has 24 heavy (non-hydrogen) atoms. The summed E-state index contributed by atoms with van der Waals surface area (Å²) in [5.41, 5.74) is 6.16. The number of nitrogens with two attached hydrogens (primary N) is 1. The Hall–Kier alpha value is -2.90. The summed E-state index contributed by atoms with van der Waals surface area (Å²) in [7, 11) is 1.83. The van der Waals surface area contributed by atoms with E-state index in [1.807, 2.05) is 31.6 Å². The summed E-state index contributed by atoms with van der Waals surface area (Å²) in [5, 5.41) is 8.61. The molecule has 126 valence electrons. The van der Waals surface area contributed by atoms with Crippen LogP contribution in [-0.4, -0.2) is 35.0 Å². The normalized spacial score (nSPS) is 11.8. The first kappa shape index (κ1) is 16.0. The highest BCUT2D eigenvalue weighted by molar-refractivity contribution is 5.75. The Morgan fingerprint density at radius 3 is 2.58 bits per heavy atom. The fourth-order valence-corrected chi connectivity index (χ4v) is 2.45. The first-order valence-electron chi connectivity index (χ1n) is 7.67. The fourth-order valence-electron chi connectivity index (χ4n) is 2.45. The molecule has 0 saturated heterocycles. The van der Waals surface area contributed by atoms with Gasteiger partial charge in [-0.15, -0.1) is 5.10 Å². The lowest BCUT2D eigenvalue weighted by Crippen LogP contribution is -2.19. The molecule has 8 nitrogen and oxygen atoms in total. The van der Waals surface area contributed by atoms with Crippen LogP contribution < -0.4 is 5.73 Å². The average Bonchev–Trinajstić information content (AvgIpc) is 3.15. The van der Waals surface area contributed by atoms with Gasteiger partial charge < -0.3 is 10.3 Å². The van der Waals surface area contributed by atoms with E-state index in [4.69, 9.17) is 5.73 Å². The molecule has 0 radical (unpaired) electrons. The van der Waals surface area contributed by atoms with E-state index in [0.717, 1.165) is 11.4 Å². The van der Waals surface area contributed by atoms with Crippen LogP contribution in [0.25, 0.3) is 17.2 Å². The Kier molecular flexibility index (Phi) is 3.75. The second-order valence-corrected chi connectivity index (χ2v) is 6.70. The number of hydrogen-bond donors (Lipinski definition) is 1. The van der Waals surface area contributed by atoms with Crippen LogP contribution in [0.2, 0.25) is 0 Å². The molecular formula is C16H21N7O. The molecule has 0 spiro atoms. The van der Waals surface area contributed by atoms with Crippen LogP contribution >= 0.6 is 0 Å². The number of hydrogen-bond acceptors (Lipinski definition) is 4. The number of carbonyl (C=O) groups is 1. The molecule has 3 rings (SSSR count). The maximum Gasteiger partial charge on any atom is 0.225 e. The maximum atomic E-state index is 11.2. The van der Waals surface area contributed by atoms with Crippen LogP contribution in [0, 0.1) is 0 Å². The Balaban J connectivity index is 2.12. The van der Waals surface area contributed by atoms with E-state index in [1.165, 1.54) is 0 Å². The highest BCUT2D eigenvalue weighted by Crippen LogP contribution is 2.24. The molecule has 0 aliphatic carbocycles. The van der Waals surface area contributed by atoms with Gasteiger partial charge in [-0.1, -0.05) is 0 Å². The van der Waals surface area contributed by atoms with Crippen molar-refractivity contribution < 1.29 is 4.79 Å². The Labute approximate surface area is 139 Å². The molecule has 3 aromatic heterocycles. The van der Waals surface area contributed by atoms with E-state index in [0.29, 0.717) is 11.6 Å². The van der Waals surface area contributed by atoms with Gasteiger partial charge in [-0.25, -0.2) is 4.98 Å². The van der Waals surface area contributed by atoms with Crippen LogP contribution in [0.1, 0.15) is 26.6 Å². The molecular weight excluding hydrogens is 306 g/mol. The minimum absolute atomic E-state index is 0.00215. The van der Waals surface area contributed by atoms with Gasteiger partial charge in [0.25, 0.3) is 0 Å². The molecule has 8 heteroatoms. The van der Waals surface area contributed by atoms with Crippen LogP contribution in [0.15, 0.2) is 30.7 Å². The van der Waals surface area contributed by atoms with Gasteiger partial charge in [-0.05, 0) is 26.8 Å². The highest BCUT2D eigenvalue weighted by atomic mass is 16.1. The van der Waals surface area contributed by atoms with Crippen molar-refractivity contribution >= 4 is 5.91 Å². The van der Waals surface area contributed by atoms with Gasteiger partial charge in [0.2, 0.25) is 5.91 Å². The lowest BCUT2D eigenvalue weighted by atomic mass is 10.1. The molecule has 3 heterocycles. The van der Waals surface area contributed by atoms with E-state index >= 15 is 0 Å².